The minimum atomic E-state index is -0.876. The van der Waals surface area contributed by atoms with Crippen molar-refractivity contribution in [3.8, 4) is 11.5 Å². The molecule has 0 saturated heterocycles. The monoisotopic (exact) mass is 420 g/mol. The number of carbonyl (C=O) groups is 1. The molecule has 150 valence electrons. The van der Waals surface area contributed by atoms with Gasteiger partial charge in [0.2, 0.25) is 0 Å². The summed E-state index contributed by atoms with van der Waals surface area (Å²) in [6.07, 6.45) is 1.97. The molecule has 30 heavy (non-hydrogen) atoms. The van der Waals surface area contributed by atoms with Gasteiger partial charge in [-0.25, -0.2) is 4.39 Å². The maximum Gasteiger partial charge on any atom is 0.307 e. The van der Waals surface area contributed by atoms with E-state index in [1.807, 2.05) is 55.5 Å². The van der Waals surface area contributed by atoms with Gasteiger partial charge < -0.3 is 9.84 Å². The average molecular weight is 421 g/mol. The molecule has 0 bridgehead atoms. The van der Waals surface area contributed by atoms with E-state index in [-0.39, 0.29) is 12.2 Å². The lowest BCUT2D eigenvalue weighted by Gasteiger charge is -2.07. The zero-order chi connectivity index (χ0) is 21.3. The molecule has 0 spiro atoms. The molecule has 3 aromatic carbocycles. The lowest BCUT2D eigenvalue weighted by atomic mass is 10.0. The van der Waals surface area contributed by atoms with Gasteiger partial charge >= 0.3 is 5.97 Å². The summed E-state index contributed by atoms with van der Waals surface area (Å²) >= 11 is 6.15. The van der Waals surface area contributed by atoms with Crippen molar-refractivity contribution in [1.82, 2.24) is 0 Å². The molecule has 0 amide bonds. The smallest absolute Gasteiger partial charge is 0.307 e. The summed E-state index contributed by atoms with van der Waals surface area (Å²) in [6.45, 7) is 1.93. The van der Waals surface area contributed by atoms with Crippen molar-refractivity contribution in [3.05, 3.63) is 99.8 Å². The molecule has 0 heterocycles. The Kier molecular flexibility index (Phi) is 5.42. The highest BCUT2D eigenvalue weighted by Gasteiger charge is 2.25. The van der Waals surface area contributed by atoms with Gasteiger partial charge in [0, 0.05) is 5.02 Å². The van der Waals surface area contributed by atoms with E-state index in [1.54, 1.807) is 12.1 Å². The molecule has 3 nitrogen and oxygen atoms in total. The highest BCUT2D eigenvalue weighted by atomic mass is 35.5. The number of carboxylic acid groups (broad SMARTS) is 1. The van der Waals surface area contributed by atoms with Crippen molar-refractivity contribution in [2.24, 2.45) is 0 Å². The fourth-order valence-electron chi connectivity index (χ4n) is 3.57. The van der Waals surface area contributed by atoms with Crippen LogP contribution in [0.4, 0.5) is 4.39 Å². The zero-order valence-electron chi connectivity index (χ0n) is 16.2. The number of fused-ring (bicyclic) bond motifs is 1. The van der Waals surface area contributed by atoms with Gasteiger partial charge in [0.15, 0.2) is 0 Å². The Balaban J connectivity index is 1.64. The fraction of sp³-hybridized carbons (Fsp3) is 0.0800. The molecule has 0 unspecified atom stereocenters. The number of allylic oxidation sites excluding steroid dienone is 2. The zero-order valence-corrected chi connectivity index (χ0v) is 16.9. The summed E-state index contributed by atoms with van der Waals surface area (Å²) in [6, 6.07) is 18.9. The minimum absolute atomic E-state index is 0.0546. The number of halogens is 2. The third-order valence-electron chi connectivity index (χ3n) is 5.02. The first-order valence-electron chi connectivity index (χ1n) is 9.38. The molecule has 0 fully saturated rings. The molecule has 0 aromatic heterocycles. The second-order valence-corrected chi connectivity index (χ2v) is 7.48. The van der Waals surface area contributed by atoms with Crippen molar-refractivity contribution in [3.63, 3.8) is 0 Å². The Labute approximate surface area is 178 Å². The van der Waals surface area contributed by atoms with Crippen LogP contribution in [0.1, 0.15) is 30.0 Å². The normalized spacial score (nSPS) is 14.2. The molecule has 1 aliphatic carbocycles. The molecule has 4 rings (SSSR count). The average Bonchev–Trinajstić information content (AvgIpc) is 2.96. The third-order valence-corrected chi connectivity index (χ3v) is 5.26. The fourth-order valence-corrected chi connectivity index (χ4v) is 3.74. The van der Waals surface area contributed by atoms with Gasteiger partial charge in [0.05, 0.1) is 6.42 Å². The van der Waals surface area contributed by atoms with E-state index in [4.69, 9.17) is 16.3 Å². The highest BCUT2D eigenvalue weighted by Crippen LogP contribution is 2.44. The highest BCUT2D eigenvalue weighted by molar-refractivity contribution is 6.31. The molecule has 3 aromatic rings. The maximum absolute atomic E-state index is 13.0. The standard InChI is InChI=1S/C25H18ClFO3/c1-15-22(21-11-4-17(26)13-24(21)23(15)14-25(28)29)12-16-2-7-19(8-3-16)30-20-9-5-18(27)6-10-20/h2-13H,14H2,1H3,(H,28,29)/b22-12-. The van der Waals surface area contributed by atoms with Crippen molar-refractivity contribution < 1.29 is 19.0 Å². The number of rotatable bonds is 5. The van der Waals surface area contributed by atoms with Crippen molar-refractivity contribution >= 4 is 34.8 Å². The number of aliphatic carboxylic acids is 1. The van der Waals surface area contributed by atoms with E-state index in [9.17, 15) is 14.3 Å². The first-order valence-corrected chi connectivity index (χ1v) is 9.76. The Bertz CT molecular complexity index is 1180. The van der Waals surface area contributed by atoms with E-state index in [0.717, 1.165) is 33.4 Å². The Hall–Kier alpha value is -3.37. The first kappa shape index (κ1) is 19.9. The molecule has 1 N–H and O–H groups in total. The summed E-state index contributed by atoms with van der Waals surface area (Å²) in [5.74, 6) is 0.00866. The van der Waals surface area contributed by atoms with Gasteiger partial charge in [0.25, 0.3) is 0 Å². The lowest BCUT2D eigenvalue weighted by Crippen LogP contribution is -1.96. The largest absolute Gasteiger partial charge is 0.481 e. The van der Waals surface area contributed by atoms with Crippen LogP contribution in [0.2, 0.25) is 5.02 Å². The van der Waals surface area contributed by atoms with Crippen LogP contribution in [0, 0.1) is 5.82 Å². The van der Waals surface area contributed by atoms with Crippen molar-refractivity contribution in [2.75, 3.05) is 0 Å². The van der Waals surface area contributed by atoms with Crippen LogP contribution in [0.15, 0.2) is 72.3 Å². The van der Waals surface area contributed by atoms with E-state index >= 15 is 0 Å². The number of hydrogen-bond donors (Lipinski definition) is 1. The van der Waals surface area contributed by atoms with Crippen LogP contribution in [0.3, 0.4) is 0 Å². The number of benzene rings is 3. The predicted molar refractivity (Wildman–Crippen MR) is 117 cm³/mol. The molecule has 0 atom stereocenters. The van der Waals surface area contributed by atoms with Gasteiger partial charge in [-0.1, -0.05) is 29.8 Å². The summed E-state index contributed by atoms with van der Waals surface area (Å²) in [5.41, 5.74) is 5.48. The molecule has 0 saturated carbocycles. The van der Waals surface area contributed by atoms with E-state index in [2.05, 4.69) is 0 Å². The van der Waals surface area contributed by atoms with Gasteiger partial charge in [0.1, 0.15) is 17.3 Å². The summed E-state index contributed by atoms with van der Waals surface area (Å²) in [7, 11) is 0. The predicted octanol–water partition coefficient (Wildman–Crippen LogP) is 7.07. The van der Waals surface area contributed by atoms with Crippen LogP contribution in [-0.2, 0) is 4.79 Å². The summed E-state index contributed by atoms with van der Waals surface area (Å²) in [4.78, 5) is 11.3. The Morgan fingerprint density at radius 2 is 1.63 bits per heavy atom. The van der Waals surface area contributed by atoms with E-state index in [1.165, 1.54) is 12.1 Å². The van der Waals surface area contributed by atoms with Crippen molar-refractivity contribution in [2.45, 2.75) is 13.3 Å². The molecule has 0 aliphatic heterocycles. The van der Waals surface area contributed by atoms with Crippen LogP contribution >= 0.6 is 11.6 Å². The molecular weight excluding hydrogens is 403 g/mol. The summed E-state index contributed by atoms with van der Waals surface area (Å²) in [5, 5.41) is 9.88. The molecule has 0 radical (unpaired) electrons. The van der Waals surface area contributed by atoms with Crippen LogP contribution in [0.25, 0.3) is 17.2 Å². The van der Waals surface area contributed by atoms with Gasteiger partial charge in [-0.2, -0.15) is 0 Å². The van der Waals surface area contributed by atoms with Crippen molar-refractivity contribution in [1.29, 1.82) is 0 Å². The van der Waals surface area contributed by atoms with Crippen LogP contribution in [0.5, 0.6) is 11.5 Å². The maximum atomic E-state index is 13.0. The lowest BCUT2D eigenvalue weighted by molar-refractivity contribution is -0.135. The molecule has 1 aliphatic rings. The van der Waals surface area contributed by atoms with Crippen LogP contribution in [-0.4, -0.2) is 11.1 Å². The second kappa shape index (κ2) is 8.17. The second-order valence-electron chi connectivity index (χ2n) is 7.05. The van der Waals surface area contributed by atoms with Gasteiger partial charge in [-0.05, 0) is 94.9 Å². The van der Waals surface area contributed by atoms with E-state index < -0.39 is 5.97 Å². The number of hydrogen-bond acceptors (Lipinski definition) is 2. The van der Waals surface area contributed by atoms with Gasteiger partial charge in [-0.3, -0.25) is 4.79 Å². The molecular formula is C25H18ClFO3. The topological polar surface area (TPSA) is 46.5 Å². The van der Waals surface area contributed by atoms with E-state index in [0.29, 0.717) is 16.5 Å². The van der Waals surface area contributed by atoms with Gasteiger partial charge in [-0.15, -0.1) is 0 Å². The first-order chi connectivity index (χ1) is 14.4. The SMILES string of the molecule is CC1=C(CC(=O)O)c2cc(Cl)ccc2/C1=C\c1ccc(Oc2ccc(F)cc2)cc1. The number of ether oxygens (including phenoxy) is 1. The quantitative estimate of drug-likeness (QED) is 0.480. The summed E-state index contributed by atoms with van der Waals surface area (Å²) < 4.78 is 18.8. The Morgan fingerprint density at radius 3 is 2.27 bits per heavy atom. The van der Waals surface area contributed by atoms with Crippen LogP contribution < -0.4 is 4.74 Å². The molecule has 5 heteroatoms. The Morgan fingerprint density at radius 1 is 1.00 bits per heavy atom. The number of carboxylic acids is 1. The minimum Gasteiger partial charge on any atom is -0.481 e. The third kappa shape index (κ3) is 4.14.